The van der Waals surface area contributed by atoms with Gasteiger partial charge in [-0.2, -0.15) is 4.99 Å². The van der Waals surface area contributed by atoms with E-state index in [9.17, 15) is 4.79 Å². The fraction of sp³-hybridized carbons (Fsp3) is 0.154. The van der Waals surface area contributed by atoms with Crippen molar-refractivity contribution < 1.29 is 14.3 Å². The number of nitrogens with zero attached hydrogens (tertiary/aromatic N) is 2. The molecule has 6 heteroatoms. The molecule has 0 aliphatic carbocycles. The molecule has 0 aliphatic rings. The van der Waals surface area contributed by atoms with E-state index in [1.54, 1.807) is 14.2 Å². The Morgan fingerprint density at radius 3 is 1.88 bits per heavy atom. The van der Waals surface area contributed by atoms with E-state index in [2.05, 4.69) is 4.99 Å². The van der Waals surface area contributed by atoms with Crippen LogP contribution in [-0.4, -0.2) is 24.7 Å². The summed E-state index contributed by atoms with van der Waals surface area (Å²) in [6, 6.07) is 23.2. The Morgan fingerprint density at radius 1 is 0.812 bits per heavy atom. The predicted octanol–water partition coefficient (Wildman–Crippen LogP) is 5.49. The number of carbonyl (C=O) groups is 1. The summed E-state index contributed by atoms with van der Waals surface area (Å²) in [5, 5.41) is 0. The second-order valence-electron chi connectivity index (χ2n) is 7.36. The van der Waals surface area contributed by atoms with Gasteiger partial charge in [-0.25, -0.2) is 0 Å². The minimum Gasteiger partial charge on any atom is -0.497 e. The van der Waals surface area contributed by atoms with Gasteiger partial charge >= 0.3 is 0 Å². The van der Waals surface area contributed by atoms with Crippen LogP contribution in [0.15, 0.2) is 77.8 Å². The van der Waals surface area contributed by atoms with Crippen molar-refractivity contribution in [1.29, 1.82) is 0 Å². The maximum atomic E-state index is 12.8. The SMILES string of the molecule is COc1ccc(-c2sc(=NC(=O)c3ccc(C)cc3)n(C)c2-c2ccc(OC)cc2)cc1. The van der Waals surface area contributed by atoms with Crippen molar-refractivity contribution in [3.8, 4) is 33.2 Å². The number of hydrogen-bond donors (Lipinski definition) is 0. The van der Waals surface area contributed by atoms with E-state index in [1.165, 1.54) is 11.3 Å². The molecule has 0 bridgehead atoms. The van der Waals surface area contributed by atoms with Crippen LogP contribution in [0.3, 0.4) is 0 Å². The van der Waals surface area contributed by atoms with E-state index in [0.717, 1.165) is 38.8 Å². The Kier molecular flexibility index (Phi) is 6.23. The van der Waals surface area contributed by atoms with Gasteiger partial charge in [0, 0.05) is 12.6 Å². The molecule has 0 unspecified atom stereocenters. The molecule has 1 aromatic heterocycles. The Morgan fingerprint density at radius 2 is 1.34 bits per heavy atom. The molecule has 0 saturated carbocycles. The molecule has 5 nitrogen and oxygen atoms in total. The Labute approximate surface area is 191 Å². The smallest absolute Gasteiger partial charge is 0.279 e. The van der Waals surface area contributed by atoms with Gasteiger partial charge in [0.25, 0.3) is 5.91 Å². The fourth-order valence-corrected chi connectivity index (χ4v) is 4.56. The number of hydrogen-bond acceptors (Lipinski definition) is 4. The van der Waals surface area contributed by atoms with Gasteiger partial charge < -0.3 is 14.0 Å². The zero-order chi connectivity index (χ0) is 22.7. The van der Waals surface area contributed by atoms with Crippen LogP contribution in [0.4, 0.5) is 0 Å². The van der Waals surface area contributed by atoms with Crippen molar-refractivity contribution in [3.63, 3.8) is 0 Å². The van der Waals surface area contributed by atoms with Gasteiger partial charge in [0.2, 0.25) is 0 Å². The lowest BCUT2D eigenvalue weighted by molar-refractivity contribution is 0.0998. The fourth-order valence-electron chi connectivity index (χ4n) is 3.41. The number of thiazole rings is 1. The standard InChI is InChI=1S/C26H24N2O3S/c1-17-5-7-20(8-6-17)25(29)27-26-28(2)23(18-9-13-21(30-3)14-10-18)24(32-26)19-11-15-22(31-4)16-12-19/h5-16H,1-4H3. The molecule has 0 spiro atoms. The topological polar surface area (TPSA) is 52.8 Å². The molecular formula is C26H24N2O3S. The van der Waals surface area contributed by atoms with Crippen LogP contribution in [0, 0.1) is 6.92 Å². The highest BCUT2D eigenvalue weighted by Gasteiger charge is 2.16. The molecule has 1 heterocycles. The van der Waals surface area contributed by atoms with Crippen molar-refractivity contribution in [1.82, 2.24) is 4.57 Å². The van der Waals surface area contributed by atoms with E-state index in [4.69, 9.17) is 9.47 Å². The molecule has 0 atom stereocenters. The van der Waals surface area contributed by atoms with Gasteiger partial charge in [-0.1, -0.05) is 29.0 Å². The van der Waals surface area contributed by atoms with Gasteiger partial charge in [0.1, 0.15) is 11.5 Å². The third-order valence-electron chi connectivity index (χ3n) is 5.24. The summed E-state index contributed by atoms with van der Waals surface area (Å²) < 4.78 is 12.6. The lowest BCUT2D eigenvalue weighted by atomic mass is 10.1. The zero-order valence-electron chi connectivity index (χ0n) is 18.5. The van der Waals surface area contributed by atoms with Gasteiger partial charge in [0.15, 0.2) is 4.80 Å². The normalized spacial score (nSPS) is 11.4. The van der Waals surface area contributed by atoms with E-state index >= 15 is 0 Å². The highest BCUT2D eigenvalue weighted by molar-refractivity contribution is 7.13. The lowest BCUT2D eigenvalue weighted by Gasteiger charge is -2.09. The Balaban J connectivity index is 1.87. The van der Waals surface area contributed by atoms with Crippen LogP contribution >= 0.6 is 11.3 Å². The third kappa shape index (κ3) is 4.36. The third-order valence-corrected chi connectivity index (χ3v) is 6.42. The first kappa shape index (κ1) is 21.6. The first-order valence-electron chi connectivity index (χ1n) is 10.1. The molecule has 1 amide bonds. The molecule has 162 valence electrons. The number of benzene rings is 3. The quantitative estimate of drug-likeness (QED) is 0.409. The number of aryl methyl sites for hydroxylation is 1. The molecule has 0 N–H and O–H groups in total. The lowest BCUT2D eigenvalue weighted by Crippen LogP contribution is -2.14. The van der Waals surface area contributed by atoms with Gasteiger partial charge in [-0.3, -0.25) is 4.79 Å². The van der Waals surface area contributed by atoms with Crippen molar-refractivity contribution in [3.05, 3.63) is 88.7 Å². The molecular weight excluding hydrogens is 420 g/mol. The molecule has 0 aliphatic heterocycles. The second kappa shape index (κ2) is 9.24. The number of carbonyl (C=O) groups excluding carboxylic acids is 1. The number of methoxy groups -OCH3 is 2. The summed E-state index contributed by atoms with van der Waals surface area (Å²) in [6.45, 7) is 1.99. The number of amides is 1. The van der Waals surface area contributed by atoms with Crippen LogP contribution < -0.4 is 14.3 Å². The number of rotatable bonds is 5. The second-order valence-corrected chi connectivity index (χ2v) is 8.34. The maximum Gasteiger partial charge on any atom is 0.279 e. The van der Waals surface area contributed by atoms with Gasteiger partial charge in [-0.15, -0.1) is 0 Å². The van der Waals surface area contributed by atoms with Crippen molar-refractivity contribution in [2.45, 2.75) is 6.92 Å². The Bertz CT molecular complexity index is 1300. The van der Waals surface area contributed by atoms with Crippen molar-refractivity contribution in [2.24, 2.45) is 12.0 Å². The van der Waals surface area contributed by atoms with E-state index in [-0.39, 0.29) is 5.91 Å². The largest absolute Gasteiger partial charge is 0.497 e. The van der Waals surface area contributed by atoms with Crippen LogP contribution in [0.5, 0.6) is 11.5 Å². The highest BCUT2D eigenvalue weighted by atomic mass is 32.1. The highest BCUT2D eigenvalue weighted by Crippen LogP contribution is 2.35. The summed E-state index contributed by atoms with van der Waals surface area (Å²) in [4.78, 5) is 18.9. The molecule has 0 radical (unpaired) electrons. The summed E-state index contributed by atoms with van der Waals surface area (Å²) in [7, 11) is 5.23. The molecule has 0 fully saturated rings. The van der Waals surface area contributed by atoms with Crippen molar-refractivity contribution in [2.75, 3.05) is 14.2 Å². The molecule has 32 heavy (non-hydrogen) atoms. The summed E-state index contributed by atoms with van der Waals surface area (Å²) >= 11 is 1.49. The summed E-state index contributed by atoms with van der Waals surface area (Å²) in [5.41, 5.74) is 4.70. The van der Waals surface area contributed by atoms with E-state index in [1.807, 2.05) is 91.3 Å². The zero-order valence-corrected chi connectivity index (χ0v) is 19.3. The Hall–Kier alpha value is -3.64. The van der Waals surface area contributed by atoms with Crippen molar-refractivity contribution >= 4 is 17.2 Å². The minimum atomic E-state index is -0.260. The van der Waals surface area contributed by atoms with E-state index in [0.29, 0.717) is 10.4 Å². The first-order chi connectivity index (χ1) is 15.5. The predicted molar refractivity (Wildman–Crippen MR) is 128 cm³/mol. The van der Waals surface area contributed by atoms with Crippen LogP contribution in [0.25, 0.3) is 21.7 Å². The van der Waals surface area contributed by atoms with Crippen LogP contribution in [-0.2, 0) is 7.05 Å². The van der Waals surface area contributed by atoms with Crippen LogP contribution in [0.1, 0.15) is 15.9 Å². The summed E-state index contributed by atoms with van der Waals surface area (Å²) in [6.07, 6.45) is 0. The van der Waals surface area contributed by atoms with E-state index < -0.39 is 0 Å². The number of ether oxygens (including phenoxy) is 2. The molecule has 3 aromatic carbocycles. The maximum absolute atomic E-state index is 12.8. The monoisotopic (exact) mass is 444 g/mol. The van der Waals surface area contributed by atoms with Gasteiger partial charge in [0.05, 0.1) is 24.8 Å². The average molecular weight is 445 g/mol. The number of aromatic nitrogens is 1. The molecule has 4 aromatic rings. The first-order valence-corrected chi connectivity index (χ1v) is 11.0. The molecule has 4 rings (SSSR count). The van der Waals surface area contributed by atoms with Crippen LogP contribution in [0.2, 0.25) is 0 Å². The minimum absolute atomic E-state index is 0.260. The summed E-state index contributed by atoms with van der Waals surface area (Å²) in [5.74, 6) is 1.32. The molecule has 0 saturated heterocycles. The van der Waals surface area contributed by atoms with Gasteiger partial charge in [-0.05, 0) is 78.7 Å². The average Bonchev–Trinajstić information content (AvgIpc) is 3.15.